The van der Waals surface area contributed by atoms with E-state index in [-0.39, 0.29) is 6.04 Å². The van der Waals surface area contributed by atoms with E-state index in [0.717, 1.165) is 48.9 Å². The second-order valence-corrected chi connectivity index (χ2v) is 10.5. The third-order valence-electron chi connectivity index (χ3n) is 6.27. The van der Waals surface area contributed by atoms with Crippen molar-refractivity contribution in [2.24, 2.45) is 11.7 Å². The average molecular weight is 523 g/mol. The largest absolute Gasteiger partial charge is 0.366 e. The highest BCUT2D eigenvalue weighted by Crippen LogP contribution is 2.24. The highest BCUT2D eigenvalue weighted by Gasteiger charge is 2.24. The number of benzene rings is 2. The topological polar surface area (TPSA) is 112 Å². The van der Waals surface area contributed by atoms with Crippen LogP contribution in [0.2, 0.25) is 5.02 Å². The van der Waals surface area contributed by atoms with Gasteiger partial charge >= 0.3 is 0 Å². The van der Waals surface area contributed by atoms with E-state index >= 15 is 0 Å². The fourth-order valence-electron chi connectivity index (χ4n) is 4.49. The lowest BCUT2D eigenvalue weighted by Gasteiger charge is -2.22. The van der Waals surface area contributed by atoms with E-state index in [2.05, 4.69) is 45.4 Å². The molecule has 0 bridgehead atoms. The number of carbonyl (C=O) groups is 1. The van der Waals surface area contributed by atoms with Gasteiger partial charge in [-0.15, -0.1) is 0 Å². The summed E-state index contributed by atoms with van der Waals surface area (Å²) in [6.45, 7) is 9.75. The summed E-state index contributed by atoms with van der Waals surface area (Å²) in [7, 11) is 1.98. The summed E-state index contributed by atoms with van der Waals surface area (Å²) in [6.07, 6.45) is 0.978. The summed E-state index contributed by atoms with van der Waals surface area (Å²) in [5.74, 6) is 1.45. The first kappa shape index (κ1) is 26.6. The van der Waals surface area contributed by atoms with Gasteiger partial charge < -0.3 is 21.3 Å². The molecule has 1 fully saturated rings. The predicted molar refractivity (Wildman–Crippen MR) is 150 cm³/mol. The molecule has 0 saturated carbocycles. The number of likely N-dealkylation sites (tertiary alicyclic amines) is 1. The van der Waals surface area contributed by atoms with Gasteiger partial charge in [0.15, 0.2) is 0 Å². The molecule has 0 aliphatic carbocycles. The zero-order valence-corrected chi connectivity index (χ0v) is 22.6. The molecular weight excluding hydrogens is 488 g/mol. The number of rotatable bonds is 10. The summed E-state index contributed by atoms with van der Waals surface area (Å²) >= 11 is 6.16. The minimum absolute atomic E-state index is 0.206. The SMILES string of the molecule is Cc1ccc(C(N)=O)cc1Nc1nc(N[C@H]2CCN(Cc3cccc(Cl)c3)C2)nc(N(C)CC(C)C)n1. The number of carbonyl (C=O) groups excluding carboxylic acids is 1. The van der Waals surface area contributed by atoms with Crippen molar-refractivity contribution in [2.75, 3.05) is 42.2 Å². The first-order valence-corrected chi connectivity index (χ1v) is 12.9. The van der Waals surface area contributed by atoms with Gasteiger partial charge in [-0.1, -0.05) is 43.6 Å². The Labute approximate surface area is 223 Å². The number of nitrogens with two attached hydrogens (primary N) is 1. The van der Waals surface area contributed by atoms with Crippen LogP contribution in [0.4, 0.5) is 23.5 Å². The molecule has 1 saturated heterocycles. The van der Waals surface area contributed by atoms with E-state index in [1.807, 2.05) is 43.1 Å². The first-order valence-electron chi connectivity index (χ1n) is 12.5. The summed E-state index contributed by atoms with van der Waals surface area (Å²) in [5, 5.41) is 7.54. The lowest BCUT2D eigenvalue weighted by Crippen LogP contribution is -2.28. The second kappa shape index (κ2) is 11.7. The fraction of sp³-hybridized carbons (Fsp3) is 0.407. The van der Waals surface area contributed by atoms with Crippen molar-refractivity contribution < 1.29 is 4.79 Å². The molecule has 1 aliphatic heterocycles. The van der Waals surface area contributed by atoms with Crippen LogP contribution < -0.4 is 21.3 Å². The quantitative estimate of drug-likeness (QED) is 0.358. The molecule has 196 valence electrons. The van der Waals surface area contributed by atoms with Crippen molar-refractivity contribution in [3.05, 3.63) is 64.2 Å². The lowest BCUT2D eigenvalue weighted by atomic mass is 10.1. The zero-order valence-electron chi connectivity index (χ0n) is 21.8. The van der Waals surface area contributed by atoms with Crippen LogP contribution in [-0.4, -0.2) is 58.5 Å². The molecule has 3 aromatic rings. The van der Waals surface area contributed by atoms with Crippen LogP contribution in [-0.2, 0) is 6.54 Å². The van der Waals surface area contributed by atoms with Crippen LogP contribution in [0.3, 0.4) is 0 Å². The molecule has 1 aliphatic rings. The van der Waals surface area contributed by atoms with Crippen LogP contribution in [0.5, 0.6) is 0 Å². The first-order chi connectivity index (χ1) is 17.7. The van der Waals surface area contributed by atoms with Crippen LogP contribution in [0, 0.1) is 12.8 Å². The van der Waals surface area contributed by atoms with E-state index in [9.17, 15) is 4.79 Å². The van der Waals surface area contributed by atoms with Crippen molar-refractivity contribution in [1.29, 1.82) is 0 Å². The summed E-state index contributed by atoms with van der Waals surface area (Å²) < 4.78 is 0. The average Bonchev–Trinajstić information content (AvgIpc) is 3.26. The van der Waals surface area contributed by atoms with E-state index in [4.69, 9.17) is 22.3 Å². The Morgan fingerprint density at radius 2 is 1.97 bits per heavy atom. The van der Waals surface area contributed by atoms with Crippen LogP contribution >= 0.6 is 11.6 Å². The highest BCUT2D eigenvalue weighted by atomic mass is 35.5. The second-order valence-electron chi connectivity index (χ2n) is 10.1. The molecule has 2 aromatic carbocycles. The molecule has 1 aromatic heterocycles. The number of amides is 1. The Morgan fingerprint density at radius 1 is 1.19 bits per heavy atom. The predicted octanol–water partition coefficient (Wildman–Crippen LogP) is 4.45. The van der Waals surface area contributed by atoms with Crippen molar-refractivity contribution in [3.8, 4) is 0 Å². The third-order valence-corrected chi connectivity index (χ3v) is 6.51. The maximum Gasteiger partial charge on any atom is 0.248 e. The number of primary amides is 1. The van der Waals surface area contributed by atoms with Crippen molar-refractivity contribution in [1.82, 2.24) is 19.9 Å². The van der Waals surface area contributed by atoms with E-state index in [0.29, 0.717) is 29.3 Å². The fourth-order valence-corrected chi connectivity index (χ4v) is 4.70. The van der Waals surface area contributed by atoms with Crippen LogP contribution in [0.1, 0.15) is 41.8 Å². The molecule has 1 atom stereocenters. The van der Waals surface area contributed by atoms with Gasteiger partial charge in [0.05, 0.1) is 0 Å². The van der Waals surface area contributed by atoms with Gasteiger partial charge in [-0.05, 0) is 54.7 Å². The highest BCUT2D eigenvalue weighted by molar-refractivity contribution is 6.30. The Bertz CT molecular complexity index is 1250. The van der Waals surface area contributed by atoms with Gasteiger partial charge in [0, 0.05) is 55.5 Å². The Hall–Kier alpha value is -3.43. The molecule has 37 heavy (non-hydrogen) atoms. The summed E-state index contributed by atoms with van der Waals surface area (Å²) in [4.78, 5) is 30.2. The lowest BCUT2D eigenvalue weighted by molar-refractivity contribution is 0.100. The molecule has 0 spiro atoms. The van der Waals surface area contributed by atoms with Crippen LogP contribution in [0.25, 0.3) is 0 Å². The third kappa shape index (κ3) is 7.30. The Morgan fingerprint density at radius 3 is 2.70 bits per heavy atom. The van der Waals surface area contributed by atoms with Crippen LogP contribution in [0.15, 0.2) is 42.5 Å². The van der Waals surface area contributed by atoms with Crippen molar-refractivity contribution in [3.63, 3.8) is 0 Å². The van der Waals surface area contributed by atoms with Gasteiger partial charge in [-0.25, -0.2) is 0 Å². The molecular formula is C27H35ClN8O. The molecule has 9 nitrogen and oxygen atoms in total. The normalized spacial score (nSPS) is 15.7. The minimum atomic E-state index is -0.484. The number of nitrogens with zero attached hydrogens (tertiary/aromatic N) is 5. The van der Waals surface area contributed by atoms with Gasteiger partial charge in [-0.2, -0.15) is 15.0 Å². The van der Waals surface area contributed by atoms with E-state index < -0.39 is 5.91 Å². The van der Waals surface area contributed by atoms with E-state index in [1.165, 1.54) is 5.56 Å². The Kier molecular flexibility index (Phi) is 8.45. The molecule has 2 heterocycles. The number of aromatic nitrogens is 3. The maximum atomic E-state index is 11.7. The van der Waals surface area contributed by atoms with Gasteiger partial charge in [0.25, 0.3) is 0 Å². The molecule has 0 radical (unpaired) electrons. The number of hydrogen-bond donors (Lipinski definition) is 3. The molecule has 10 heteroatoms. The number of halogens is 1. The summed E-state index contributed by atoms with van der Waals surface area (Å²) in [6, 6.07) is 13.5. The van der Waals surface area contributed by atoms with Crippen molar-refractivity contribution in [2.45, 2.75) is 39.8 Å². The van der Waals surface area contributed by atoms with Gasteiger partial charge in [0.2, 0.25) is 23.8 Å². The van der Waals surface area contributed by atoms with E-state index in [1.54, 1.807) is 12.1 Å². The number of hydrogen-bond acceptors (Lipinski definition) is 8. The smallest absolute Gasteiger partial charge is 0.248 e. The van der Waals surface area contributed by atoms with Gasteiger partial charge in [-0.3, -0.25) is 9.69 Å². The standard InChI is InChI=1S/C27H35ClN8O/c1-17(2)14-35(4)27-33-25(30-22-10-11-36(16-22)15-19-6-5-7-21(28)12-19)32-26(34-27)31-23-13-20(24(29)37)9-8-18(23)3/h5-9,12-13,17,22H,10-11,14-16H2,1-4H3,(H2,29,37)(H2,30,31,32,33,34)/t22-/m0/s1. The Balaban J connectivity index is 1.53. The van der Waals surface area contributed by atoms with Crippen molar-refractivity contribution >= 4 is 41.0 Å². The molecule has 1 amide bonds. The number of aryl methyl sites for hydroxylation is 1. The van der Waals surface area contributed by atoms with Gasteiger partial charge in [0.1, 0.15) is 0 Å². The number of anilines is 4. The molecule has 4 rings (SSSR count). The summed E-state index contributed by atoms with van der Waals surface area (Å²) in [5.41, 5.74) is 8.77. The molecule has 4 N–H and O–H groups in total. The maximum absolute atomic E-state index is 11.7. The number of nitrogens with one attached hydrogen (secondary N) is 2. The zero-order chi connectivity index (χ0) is 26.5. The molecule has 0 unspecified atom stereocenters. The minimum Gasteiger partial charge on any atom is -0.366 e. The monoisotopic (exact) mass is 522 g/mol.